The third-order valence-corrected chi connectivity index (χ3v) is 4.53. The molecule has 0 radical (unpaired) electrons. The Hall–Kier alpha value is -4.13. The summed E-state index contributed by atoms with van der Waals surface area (Å²) in [5, 5.41) is 0. The maximum Gasteiger partial charge on any atom is 0.349 e. The first-order chi connectivity index (χ1) is 14.8. The third kappa shape index (κ3) is 5.70. The monoisotopic (exact) mass is 418 g/mol. The zero-order valence-corrected chi connectivity index (χ0v) is 17.2. The molecule has 0 atom stereocenters. The number of benzene rings is 3. The molecule has 0 unspecified atom stereocenters. The van der Waals surface area contributed by atoms with Gasteiger partial charge in [0.15, 0.2) is 6.61 Å². The average Bonchev–Trinajstić information content (AvgIpc) is 2.78. The second-order valence-corrected chi connectivity index (χ2v) is 6.88. The molecule has 31 heavy (non-hydrogen) atoms. The highest BCUT2D eigenvalue weighted by Gasteiger charge is 2.14. The number of hydrogen-bond acceptors (Lipinski definition) is 5. The van der Waals surface area contributed by atoms with E-state index in [0.29, 0.717) is 22.7 Å². The second-order valence-electron chi connectivity index (χ2n) is 6.88. The lowest BCUT2D eigenvalue weighted by atomic mass is 10.1. The van der Waals surface area contributed by atoms with Crippen LogP contribution in [0.4, 0.5) is 5.69 Å². The van der Waals surface area contributed by atoms with Crippen LogP contribution in [0.3, 0.4) is 0 Å². The standard InChI is InChI=1S/C24H22N2O5/c1-16-6-8-17(9-7-16)24(29)26(2)19-10-12-20(13-11-19)31-22(27)15-30-21-5-3-4-18(14-21)23(25)28/h3-14H,15H2,1-2H3,(H2,25,28). The number of carbonyl (C=O) groups is 3. The van der Waals surface area contributed by atoms with Crippen molar-refractivity contribution in [3.05, 3.63) is 89.5 Å². The molecule has 0 saturated carbocycles. The molecule has 0 heterocycles. The quantitative estimate of drug-likeness (QED) is 0.469. The van der Waals surface area contributed by atoms with Gasteiger partial charge < -0.3 is 20.1 Å². The molecule has 0 fully saturated rings. The van der Waals surface area contributed by atoms with E-state index in [1.165, 1.54) is 11.0 Å². The molecule has 2 amide bonds. The Morgan fingerprint density at radius 2 is 1.55 bits per heavy atom. The molecule has 3 aromatic carbocycles. The molecule has 3 rings (SSSR count). The minimum Gasteiger partial charge on any atom is -0.482 e. The summed E-state index contributed by atoms with van der Waals surface area (Å²) < 4.78 is 10.6. The van der Waals surface area contributed by atoms with Gasteiger partial charge in [-0.15, -0.1) is 0 Å². The fraction of sp³-hybridized carbons (Fsp3) is 0.125. The van der Waals surface area contributed by atoms with E-state index in [1.807, 2.05) is 19.1 Å². The number of aryl methyl sites for hydroxylation is 1. The number of nitrogens with zero attached hydrogens (tertiary/aromatic N) is 1. The molecular weight excluding hydrogens is 396 g/mol. The Morgan fingerprint density at radius 3 is 2.19 bits per heavy atom. The number of anilines is 1. The topological polar surface area (TPSA) is 98.9 Å². The normalized spacial score (nSPS) is 10.3. The Morgan fingerprint density at radius 1 is 0.871 bits per heavy atom. The molecule has 3 aromatic rings. The van der Waals surface area contributed by atoms with Crippen molar-refractivity contribution in [2.24, 2.45) is 5.73 Å². The Kier molecular flexibility index (Phi) is 6.67. The van der Waals surface area contributed by atoms with E-state index < -0.39 is 11.9 Å². The number of ether oxygens (including phenoxy) is 2. The SMILES string of the molecule is Cc1ccc(C(=O)N(C)c2ccc(OC(=O)COc3cccc(C(N)=O)c3)cc2)cc1. The molecule has 0 aromatic heterocycles. The molecule has 0 spiro atoms. The van der Waals surface area contributed by atoms with Gasteiger partial charge >= 0.3 is 5.97 Å². The largest absolute Gasteiger partial charge is 0.482 e. The Balaban J connectivity index is 1.56. The molecule has 7 nitrogen and oxygen atoms in total. The smallest absolute Gasteiger partial charge is 0.349 e. The average molecular weight is 418 g/mol. The van der Waals surface area contributed by atoms with Gasteiger partial charge in [-0.25, -0.2) is 4.79 Å². The number of amides is 2. The van der Waals surface area contributed by atoms with Gasteiger partial charge in [0.05, 0.1) is 0 Å². The molecule has 0 bridgehead atoms. The van der Waals surface area contributed by atoms with E-state index in [9.17, 15) is 14.4 Å². The van der Waals surface area contributed by atoms with Gasteiger partial charge in [0.25, 0.3) is 5.91 Å². The summed E-state index contributed by atoms with van der Waals surface area (Å²) >= 11 is 0. The van der Waals surface area contributed by atoms with Crippen LogP contribution in [0.1, 0.15) is 26.3 Å². The number of hydrogen-bond donors (Lipinski definition) is 1. The predicted molar refractivity (Wildman–Crippen MR) is 116 cm³/mol. The molecule has 0 saturated heterocycles. The van der Waals surface area contributed by atoms with Gasteiger partial charge in [0.1, 0.15) is 11.5 Å². The van der Waals surface area contributed by atoms with Gasteiger partial charge in [0.2, 0.25) is 5.91 Å². The molecule has 0 aliphatic carbocycles. The van der Waals surface area contributed by atoms with Crippen LogP contribution in [0.15, 0.2) is 72.8 Å². The fourth-order valence-electron chi connectivity index (χ4n) is 2.79. The van der Waals surface area contributed by atoms with E-state index in [2.05, 4.69) is 0 Å². The summed E-state index contributed by atoms with van der Waals surface area (Å²) in [6.45, 7) is 1.62. The van der Waals surface area contributed by atoms with Crippen LogP contribution in [0.5, 0.6) is 11.5 Å². The van der Waals surface area contributed by atoms with Crippen LogP contribution in [-0.2, 0) is 4.79 Å². The first-order valence-electron chi connectivity index (χ1n) is 9.51. The summed E-state index contributed by atoms with van der Waals surface area (Å²) in [5.41, 5.74) is 7.82. The molecular formula is C24H22N2O5. The van der Waals surface area contributed by atoms with E-state index in [1.54, 1.807) is 61.6 Å². The van der Waals surface area contributed by atoms with Crippen molar-refractivity contribution < 1.29 is 23.9 Å². The minimum absolute atomic E-state index is 0.142. The third-order valence-electron chi connectivity index (χ3n) is 4.53. The van der Waals surface area contributed by atoms with E-state index in [4.69, 9.17) is 15.2 Å². The van der Waals surface area contributed by atoms with Crippen molar-refractivity contribution in [1.29, 1.82) is 0 Å². The van der Waals surface area contributed by atoms with Crippen molar-refractivity contribution in [3.63, 3.8) is 0 Å². The predicted octanol–water partition coefficient (Wildman–Crippen LogP) is 3.35. The van der Waals surface area contributed by atoms with Crippen LogP contribution < -0.4 is 20.1 Å². The van der Waals surface area contributed by atoms with Gasteiger partial charge in [-0.3, -0.25) is 9.59 Å². The van der Waals surface area contributed by atoms with Crippen molar-refractivity contribution in [2.45, 2.75) is 6.92 Å². The van der Waals surface area contributed by atoms with Crippen LogP contribution >= 0.6 is 0 Å². The summed E-state index contributed by atoms with van der Waals surface area (Å²) in [6.07, 6.45) is 0. The first kappa shape index (κ1) is 21.6. The number of esters is 1. The van der Waals surface area contributed by atoms with Crippen LogP contribution in [0.2, 0.25) is 0 Å². The van der Waals surface area contributed by atoms with Crippen LogP contribution in [0, 0.1) is 6.92 Å². The fourth-order valence-corrected chi connectivity index (χ4v) is 2.79. The molecule has 0 aliphatic heterocycles. The van der Waals surface area contributed by atoms with Crippen molar-refractivity contribution in [3.8, 4) is 11.5 Å². The Bertz CT molecular complexity index is 1090. The molecule has 0 aliphatic rings. The molecule has 158 valence electrons. The first-order valence-corrected chi connectivity index (χ1v) is 9.51. The highest BCUT2D eigenvalue weighted by atomic mass is 16.6. The minimum atomic E-state index is -0.610. The number of primary amides is 1. The maximum absolute atomic E-state index is 12.6. The van der Waals surface area contributed by atoms with Crippen LogP contribution in [0.25, 0.3) is 0 Å². The summed E-state index contributed by atoms with van der Waals surface area (Å²) in [7, 11) is 1.68. The van der Waals surface area contributed by atoms with E-state index >= 15 is 0 Å². The number of carbonyl (C=O) groups excluding carboxylic acids is 3. The highest BCUT2D eigenvalue weighted by molar-refractivity contribution is 6.05. The highest BCUT2D eigenvalue weighted by Crippen LogP contribution is 2.21. The molecule has 2 N–H and O–H groups in total. The lowest BCUT2D eigenvalue weighted by Crippen LogP contribution is -2.26. The zero-order valence-electron chi connectivity index (χ0n) is 17.2. The van der Waals surface area contributed by atoms with Gasteiger partial charge in [-0.05, 0) is 61.5 Å². The van der Waals surface area contributed by atoms with Crippen LogP contribution in [-0.4, -0.2) is 31.4 Å². The van der Waals surface area contributed by atoms with Gasteiger partial charge in [0, 0.05) is 23.9 Å². The lowest BCUT2D eigenvalue weighted by Gasteiger charge is -2.18. The summed E-state index contributed by atoms with van der Waals surface area (Å²) in [4.78, 5) is 37.4. The number of nitrogens with two attached hydrogens (primary N) is 1. The van der Waals surface area contributed by atoms with Crippen molar-refractivity contribution in [2.75, 3.05) is 18.6 Å². The van der Waals surface area contributed by atoms with Gasteiger partial charge in [-0.2, -0.15) is 0 Å². The zero-order chi connectivity index (χ0) is 22.4. The molecule has 7 heteroatoms. The van der Waals surface area contributed by atoms with Crippen molar-refractivity contribution in [1.82, 2.24) is 0 Å². The second kappa shape index (κ2) is 9.58. The van der Waals surface area contributed by atoms with E-state index in [-0.39, 0.29) is 18.1 Å². The van der Waals surface area contributed by atoms with Gasteiger partial charge in [-0.1, -0.05) is 23.8 Å². The van der Waals surface area contributed by atoms with Crippen molar-refractivity contribution >= 4 is 23.5 Å². The number of rotatable bonds is 7. The summed E-state index contributed by atoms with van der Waals surface area (Å²) in [6, 6.07) is 20.1. The van der Waals surface area contributed by atoms with E-state index in [0.717, 1.165) is 5.56 Å². The lowest BCUT2D eigenvalue weighted by molar-refractivity contribution is -0.136. The summed E-state index contributed by atoms with van der Waals surface area (Å²) in [5.74, 6) is -0.684. The Labute approximate surface area is 180 Å². The maximum atomic E-state index is 12.6.